The lowest BCUT2D eigenvalue weighted by Crippen LogP contribution is -2.37. The number of carbonyl (C=O) groups is 1. The Kier molecular flexibility index (Phi) is 5.41. The summed E-state index contributed by atoms with van der Waals surface area (Å²) < 4.78 is 7.11. The Hall–Kier alpha value is -2.76. The summed E-state index contributed by atoms with van der Waals surface area (Å²) in [5.74, 6) is 0.752. The zero-order valence-corrected chi connectivity index (χ0v) is 13.5. The van der Waals surface area contributed by atoms with Crippen LogP contribution in [0.1, 0.15) is 12.5 Å². The molecule has 0 aliphatic rings. The van der Waals surface area contributed by atoms with Crippen LogP contribution in [0.2, 0.25) is 0 Å². The summed E-state index contributed by atoms with van der Waals surface area (Å²) in [6.07, 6.45) is 1.44. The zero-order chi connectivity index (χ0) is 16.8. The molecule has 2 rings (SSSR count). The molecule has 6 nitrogen and oxygen atoms in total. The highest BCUT2D eigenvalue weighted by atomic mass is 16.5. The molecule has 2 aromatic rings. The second-order valence-electron chi connectivity index (χ2n) is 5.41. The van der Waals surface area contributed by atoms with Crippen LogP contribution in [0, 0.1) is 6.92 Å². The van der Waals surface area contributed by atoms with Crippen LogP contribution in [-0.4, -0.2) is 23.2 Å². The highest BCUT2D eigenvalue weighted by molar-refractivity contribution is 5.88. The molecule has 1 heterocycles. The molecule has 1 aromatic heterocycles. The Balaban J connectivity index is 1.83. The van der Waals surface area contributed by atoms with Gasteiger partial charge in [-0.1, -0.05) is 17.7 Å². The molecule has 6 heteroatoms. The molecule has 122 valence electrons. The van der Waals surface area contributed by atoms with Gasteiger partial charge in [-0.2, -0.15) is 0 Å². The van der Waals surface area contributed by atoms with Crippen molar-refractivity contribution in [3.05, 3.63) is 58.5 Å². The summed E-state index contributed by atoms with van der Waals surface area (Å²) in [6.45, 7) is 4.20. The Morgan fingerprint density at radius 3 is 2.65 bits per heavy atom. The van der Waals surface area contributed by atoms with Gasteiger partial charge in [0.05, 0.1) is 6.54 Å². The van der Waals surface area contributed by atoms with Crippen molar-refractivity contribution in [2.75, 3.05) is 11.9 Å². The summed E-state index contributed by atoms with van der Waals surface area (Å²) in [5, 5.41) is 5.22. The number of amides is 2. The lowest BCUT2D eigenvalue weighted by molar-refractivity contribution is 0.212. The standard InChI is InChI=1S/C17H21N3O3/c1-12-6-8-14(9-7-12)23-13(2)11-18-17(22)19-15-5-4-10-20(3)16(15)21/h4-10,13H,11H2,1-3H3,(H2,18,19,22)/t13-/m1/s1. The summed E-state index contributed by atoms with van der Waals surface area (Å²) in [4.78, 5) is 23.7. The lowest BCUT2D eigenvalue weighted by Gasteiger charge is -2.16. The van der Waals surface area contributed by atoms with Gasteiger partial charge in [-0.05, 0) is 38.1 Å². The van der Waals surface area contributed by atoms with Crippen molar-refractivity contribution in [2.45, 2.75) is 20.0 Å². The van der Waals surface area contributed by atoms with Crippen LogP contribution in [0.15, 0.2) is 47.4 Å². The van der Waals surface area contributed by atoms with Crippen molar-refractivity contribution in [1.82, 2.24) is 9.88 Å². The number of carbonyl (C=O) groups excluding carboxylic acids is 1. The topological polar surface area (TPSA) is 72.4 Å². The number of hydrogen-bond donors (Lipinski definition) is 2. The van der Waals surface area contributed by atoms with Crippen molar-refractivity contribution < 1.29 is 9.53 Å². The van der Waals surface area contributed by atoms with Gasteiger partial charge in [0, 0.05) is 13.2 Å². The number of aryl methyl sites for hydroxylation is 2. The third-order valence-electron chi connectivity index (χ3n) is 3.28. The molecule has 1 atom stereocenters. The van der Waals surface area contributed by atoms with Crippen LogP contribution in [-0.2, 0) is 7.05 Å². The number of ether oxygens (including phenoxy) is 1. The quantitative estimate of drug-likeness (QED) is 0.889. The SMILES string of the molecule is Cc1ccc(O[C@H](C)CNC(=O)Nc2cccn(C)c2=O)cc1. The lowest BCUT2D eigenvalue weighted by atomic mass is 10.2. The van der Waals surface area contributed by atoms with E-state index in [0.717, 1.165) is 11.3 Å². The fraction of sp³-hybridized carbons (Fsp3) is 0.294. The van der Waals surface area contributed by atoms with Crippen molar-refractivity contribution in [3.63, 3.8) is 0 Å². The highest BCUT2D eigenvalue weighted by Crippen LogP contribution is 2.12. The van der Waals surface area contributed by atoms with Gasteiger partial charge < -0.3 is 19.9 Å². The van der Waals surface area contributed by atoms with Gasteiger partial charge in [-0.15, -0.1) is 0 Å². The number of hydrogen-bond acceptors (Lipinski definition) is 3. The number of nitrogens with one attached hydrogen (secondary N) is 2. The van der Waals surface area contributed by atoms with Gasteiger partial charge in [-0.3, -0.25) is 4.79 Å². The number of pyridine rings is 1. The minimum Gasteiger partial charge on any atom is -0.489 e. The van der Waals surface area contributed by atoms with Crippen molar-refractivity contribution in [3.8, 4) is 5.75 Å². The molecule has 0 unspecified atom stereocenters. The smallest absolute Gasteiger partial charge is 0.319 e. The van der Waals surface area contributed by atoms with E-state index in [1.165, 1.54) is 4.57 Å². The molecule has 2 amide bonds. The average molecular weight is 315 g/mol. The van der Waals surface area contributed by atoms with E-state index in [0.29, 0.717) is 6.54 Å². The van der Waals surface area contributed by atoms with Crippen LogP contribution in [0.5, 0.6) is 5.75 Å². The molecular weight excluding hydrogens is 294 g/mol. The summed E-state index contributed by atoms with van der Waals surface area (Å²) in [7, 11) is 1.63. The van der Waals surface area contributed by atoms with Crippen LogP contribution >= 0.6 is 0 Å². The van der Waals surface area contributed by atoms with E-state index in [9.17, 15) is 9.59 Å². The monoisotopic (exact) mass is 315 g/mol. The minimum atomic E-state index is -0.437. The molecular formula is C17H21N3O3. The normalized spacial score (nSPS) is 11.6. The molecule has 0 bridgehead atoms. The largest absolute Gasteiger partial charge is 0.489 e. The summed E-state index contributed by atoms with van der Waals surface area (Å²) in [6, 6.07) is 10.5. The van der Waals surface area contributed by atoms with E-state index in [4.69, 9.17) is 4.74 Å². The van der Waals surface area contributed by atoms with Gasteiger partial charge >= 0.3 is 6.03 Å². The molecule has 0 spiro atoms. The van der Waals surface area contributed by atoms with Gasteiger partial charge in [0.2, 0.25) is 0 Å². The highest BCUT2D eigenvalue weighted by Gasteiger charge is 2.09. The summed E-state index contributed by atoms with van der Waals surface area (Å²) in [5.41, 5.74) is 1.14. The number of benzene rings is 1. The summed E-state index contributed by atoms with van der Waals surface area (Å²) >= 11 is 0. The van der Waals surface area contributed by atoms with Crippen LogP contribution in [0.25, 0.3) is 0 Å². The molecule has 0 fully saturated rings. The first-order valence-electron chi connectivity index (χ1n) is 7.39. The molecule has 0 aliphatic heterocycles. The molecule has 0 saturated carbocycles. The Bertz CT molecular complexity index is 723. The van der Waals surface area contributed by atoms with Gasteiger partial charge in [-0.25, -0.2) is 4.79 Å². The number of urea groups is 1. The molecule has 23 heavy (non-hydrogen) atoms. The van der Waals surface area contributed by atoms with E-state index in [2.05, 4.69) is 10.6 Å². The molecule has 0 aliphatic carbocycles. The average Bonchev–Trinajstić information content (AvgIpc) is 2.52. The first-order valence-corrected chi connectivity index (χ1v) is 7.39. The number of rotatable bonds is 5. The second-order valence-corrected chi connectivity index (χ2v) is 5.41. The molecule has 0 saturated heterocycles. The fourth-order valence-electron chi connectivity index (χ4n) is 1.99. The zero-order valence-electron chi connectivity index (χ0n) is 13.5. The van der Waals surface area contributed by atoms with Crippen LogP contribution in [0.4, 0.5) is 10.5 Å². The van der Waals surface area contributed by atoms with Gasteiger partial charge in [0.25, 0.3) is 5.56 Å². The maximum absolute atomic E-state index is 11.9. The predicted octanol–water partition coefficient (Wildman–Crippen LogP) is 2.28. The number of anilines is 1. The fourth-order valence-corrected chi connectivity index (χ4v) is 1.99. The Labute approximate surface area is 135 Å². The molecule has 0 radical (unpaired) electrons. The van der Waals surface area contributed by atoms with Gasteiger partial charge in [0.15, 0.2) is 0 Å². The molecule has 2 N–H and O–H groups in total. The van der Waals surface area contributed by atoms with Gasteiger partial charge in [0.1, 0.15) is 17.5 Å². The van der Waals surface area contributed by atoms with Crippen LogP contribution < -0.4 is 20.9 Å². The Morgan fingerprint density at radius 2 is 1.96 bits per heavy atom. The van der Waals surface area contributed by atoms with E-state index < -0.39 is 6.03 Å². The van der Waals surface area contributed by atoms with Crippen molar-refractivity contribution >= 4 is 11.7 Å². The van der Waals surface area contributed by atoms with Crippen LogP contribution in [0.3, 0.4) is 0 Å². The maximum atomic E-state index is 11.9. The van der Waals surface area contributed by atoms with Crippen molar-refractivity contribution in [2.24, 2.45) is 7.05 Å². The molecule has 1 aromatic carbocycles. The second kappa shape index (κ2) is 7.49. The third kappa shape index (κ3) is 4.88. The first kappa shape index (κ1) is 16.6. The van der Waals surface area contributed by atoms with E-state index in [1.54, 1.807) is 25.4 Å². The Morgan fingerprint density at radius 1 is 1.26 bits per heavy atom. The number of nitrogens with zero attached hydrogens (tertiary/aromatic N) is 1. The first-order chi connectivity index (χ1) is 11.0. The maximum Gasteiger partial charge on any atom is 0.319 e. The minimum absolute atomic E-state index is 0.193. The van der Waals surface area contributed by atoms with E-state index in [1.807, 2.05) is 38.1 Å². The van der Waals surface area contributed by atoms with Crippen molar-refractivity contribution in [1.29, 1.82) is 0 Å². The third-order valence-corrected chi connectivity index (χ3v) is 3.28. The van der Waals surface area contributed by atoms with E-state index in [-0.39, 0.29) is 17.4 Å². The number of aromatic nitrogens is 1. The van der Waals surface area contributed by atoms with E-state index >= 15 is 0 Å². The predicted molar refractivity (Wildman–Crippen MR) is 90.0 cm³/mol.